The predicted octanol–water partition coefficient (Wildman–Crippen LogP) is 7.65. The second-order valence-electron chi connectivity index (χ2n) is 10.6. The highest BCUT2D eigenvalue weighted by atomic mass is 32.2. The van der Waals surface area contributed by atoms with E-state index in [-0.39, 0.29) is 16.5 Å². The molecule has 1 amide bonds. The van der Waals surface area contributed by atoms with Crippen LogP contribution in [0.3, 0.4) is 0 Å². The summed E-state index contributed by atoms with van der Waals surface area (Å²) in [5, 5.41) is 20.6. The first kappa shape index (κ1) is 31.3. The minimum atomic E-state index is -0.960. The van der Waals surface area contributed by atoms with Gasteiger partial charge in [-0.2, -0.15) is 0 Å². The van der Waals surface area contributed by atoms with Gasteiger partial charge in [0.05, 0.1) is 25.3 Å². The van der Waals surface area contributed by atoms with Gasteiger partial charge in [-0.05, 0) is 55.2 Å². The lowest BCUT2D eigenvalue weighted by atomic mass is 9.93. The Kier molecular flexibility index (Phi) is 10.0. The number of Topliss-reactive ketones (excluding diaryl/α,β-unsaturated/α-hetero) is 1. The van der Waals surface area contributed by atoms with E-state index < -0.39 is 17.7 Å². The molecule has 3 aromatic carbocycles. The van der Waals surface area contributed by atoms with Crippen molar-refractivity contribution in [3.8, 4) is 11.5 Å². The zero-order valence-electron chi connectivity index (χ0n) is 25.2. The van der Waals surface area contributed by atoms with Crippen molar-refractivity contribution < 1.29 is 24.2 Å². The smallest absolute Gasteiger partial charge is 0.301 e. The molecule has 2 heterocycles. The number of thioether (sulfide) groups is 1. The van der Waals surface area contributed by atoms with Crippen molar-refractivity contribution in [1.82, 2.24) is 10.2 Å². The van der Waals surface area contributed by atoms with Gasteiger partial charge >= 0.3 is 5.91 Å². The Morgan fingerprint density at radius 3 is 2.55 bits per heavy atom. The van der Waals surface area contributed by atoms with Crippen molar-refractivity contribution in [2.45, 2.75) is 56.2 Å². The van der Waals surface area contributed by atoms with Crippen LogP contribution in [0.4, 0.5) is 5.13 Å². The van der Waals surface area contributed by atoms with Crippen LogP contribution in [0, 0.1) is 13.8 Å². The maximum atomic E-state index is 13.7. The molecule has 1 aliphatic rings. The summed E-state index contributed by atoms with van der Waals surface area (Å²) >= 11 is 2.73. The predicted molar refractivity (Wildman–Crippen MR) is 175 cm³/mol. The first-order valence-corrected chi connectivity index (χ1v) is 16.3. The zero-order valence-corrected chi connectivity index (χ0v) is 26.8. The number of hydrogen-bond acceptors (Lipinski definition) is 9. The van der Waals surface area contributed by atoms with Crippen LogP contribution in [-0.4, -0.2) is 40.7 Å². The maximum absolute atomic E-state index is 13.7. The zero-order chi connectivity index (χ0) is 31.2. The van der Waals surface area contributed by atoms with Gasteiger partial charge in [-0.25, -0.2) is 0 Å². The fourth-order valence-corrected chi connectivity index (χ4v) is 6.89. The Morgan fingerprint density at radius 1 is 1.00 bits per heavy atom. The fraction of sp³-hybridized carbons (Fsp3) is 0.294. The molecule has 4 aromatic rings. The summed E-state index contributed by atoms with van der Waals surface area (Å²) in [6.45, 7) is 6.44. The molecule has 8 nitrogen and oxygen atoms in total. The van der Waals surface area contributed by atoms with E-state index in [1.807, 2.05) is 62.4 Å². The number of unbranched alkanes of at least 4 members (excludes halogenated alkanes) is 2. The third kappa shape index (κ3) is 6.66. The van der Waals surface area contributed by atoms with E-state index in [0.717, 1.165) is 36.0 Å². The van der Waals surface area contributed by atoms with Crippen LogP contribution >= 0.6 is 23.1 Å². The summed E-state index contributed by atoms with van der Waals surface area (Å²) in [5.74, 6) is -0.0973. The molecule has 1 N–H and O–H groups in total. The van der Waals surface area contributed by atoms with Gasteiger partial charge in [-0.15, -0.1) is 10.2 Å². The largest absolute Gasteiger partial charge is 0.507 e. The number of amides is 1. The number of nitrogens with zero attached hydrogens (tertiary/aromatic N) is 3. The third-order valence-electron chi connectivity index (χ3n) is 7.41. The highest BCUT2D eigenvalue weighted by Gasteiger charge is 2.48. The topological polar surface area (TPSA) is 102 Å². The molecule has 0 radical (unpaired) electrons. The third-order valence-corrected chi connectivity index (χ3v) is 9.54. The van der Waals surface area contributed by atoms with Gasteiger partial charge in [0.1, 0.15) is 5.76 Å². The van der Waals surface area contributed by atoms with E-state index >= 15 is 0 Å². The van der Waals surface area contributed by atoms with Crippen LogP contribution in [0.15, 0.2) is 76.6 Å². The van der Waals surface area contributed by atoms with Crippen molar-refractivity contribution in [3.05, 3.63) is 100 Å². The normalized spacial score (nSPS) is 16.0. The van der Waals surface area contributed by atoms with E-state index in [4.69, 9.17) is 9.47 Å². The summed E-state index contributed by atoms with van der Waals surface area (Å²) in [6.07, 6.45) is 3.05. The number of carbonyl (C=O) groups excluding carboxylic acids is 2. The van der Waals surface area contributed by atoms with Gasteiger partial charge in [-0.3, -0.25) is 14.5 Å². The van der Waals surface area contributed by atoms with Crippen LogP contribution in [0.25, 0.3) is 5.76 Å². The SMILES string of the molecule is CCCCCOc1ccc(C2C(=C(O)c3cc(C)ccc3C)C(=O)C(=O)N2c2nnc(SCc3ccccc3)s2)cc1OC. The molecule has 228 valence electrons. The minimum Gasteiger partial charge on any atom is -0.507 e. The minimum absolute atomic E-state index is 0.0175. The number of benzene rings is 3. The highest BCUT2D eigenvalue weighted by molar-refractivity contribution is 8.00. The quantitative estimate of drug-likeness (QED) is 0.0426. The maximum Gasteiger partial charge on any atom is 0.301 e. The monoisotopic (exact) mass is 629 g/mol. The summed E-state index contributed by atoms with van der Waals surface area (Å²) in [6, 6.07) is 20.0. The number of hydrogen-bond donors (Lipinski definition) is 1. The second kappa shape index (κ2) is 14.1. The van der Waals surface area contributed by atoms with E-state index in [2.05, 4.69) is 17.1 Å². The number of carbonyl (C=O) groups is 2. The standard InChI is InChI=1S/C34H35N3O5S2/c1-5-6-10-17-42-26-16-15-24(19-27(26)41-4)29-28(30(38)25-18-21(2)13-14-22(25)3)31(39)32(40)37(29)33-35-36-34(44-33)43-20-23-11-8-7-9-12-23/h7-9,11-16,18-19,29,38H,5-6,10,17,20H2,1-4H3. The van der Waals surface area contributed by atoms with E-state index in [9.17, 15) is 14.7 Å². The molecule has 10 heteroatoms. The summed E-state index contributed by atoms with van der Waals surface area (Å²) < 4.78 is 12.3. The van der Waals surface area contributed by atoms with Crippen molar-refractivity contribution >= 4 is 45.7 Å². The van der Waals surface area contributed by atoms with E-state index in [1.165, 1.54) is 28.0 Å². The number of aliphatic hydroxyl groups excluding tert-OH is 1. The van der Waals surface area contributed by atoms with Crippen LogP contribution in [-0.2, 0) is 15.3 Å². The van der Waals surface area contributed by atoms with Crippen molar-refractivity contribution in [2.24, 2.45) is 0 Å². The van der Waals surface area contributed by atoms with Gasteiger partial charge in [0.25, 0.3) is 5.78 Å². The van der Waals surface area contributed by atoms with Gasteiger partial charge in [-0.1, -0.05) is 97.0 Å². The Labute approximate surface area is 265 Å². The molecule has 0 aliphatic carbocycles. The van der Waals surface area contributed by atoms with Crippen LogP contribution in [0.2, 0.25) is 0 Å². The first-order valence-electron chi connectivity index (χ1n) is 14.5. The second-order valence-corrected chi connectivity index (χ2v) is 12.8. The number of rotatable bonds is 12. The molecule has 44 heavy (non-hydrogen) atoms. The number of aliphatic hydroxyl groups is 1. The first-order chi connectivity index (χ1) is 21.3. The fourth-order valence-electron chi connectivity index (χ4n) is 5.07. The number of ether oxygens (including phenoxy) is 2. The van der Waals surface area contributed by atoms with Crippen molar-refractivity contribution in [1.29, 1.82) is 0 Å². The molecule has 0 bridgehead atoms. The van der Waals surface area contributed by atoms with Gasteiger partial charge in [0.15, 0.2) is 15.8 Å². The molecule has 1 fully saturated rings. The average Bonchev–Trinajstić information content (AvgIpc) is 3.61. The Hall–Kier alpha value is -4.15. The molecule has 5 rings (SSSR count). The number of ketones is 1. The Bertz CT molecular complexity index is 1690. The van der Waals surface area contributed by atoms with Gasteiger partial charge < -0.3 is 14.6 Å². The number of aromatic nitrogens is 2. The molecule has 1 aliphatic heterocycles. The number of aryl methyl sites for hydroxylation is 2. The van der Waals surface area contributed by atoms with Crippen LogP contribution in [0.5, 0.6) is 11.5 Å². The van der Waals surface area contributed by atoms with Crippen LogP contribution < -0.4 is 14.4 Å². The van der Waals surface area contributed by atoms with Crippen molar-refractivity contribution in [3.63, 3.8) is 0 Å². The summed E-state index contributed by atoms with van der Waals surface area (Å²) in [7, 11) is 1.55. The highest BCUT2D eigenvalue weighted by Crippen LogP contribution is 2.46. The van der Waals surface area contributed by atoms with Crippen molar-refractivity contribution in [2.75, 3.05) is 18.6 Å². The molecule has 1 atom stereocenters. The van der Waals surface area contributed by atoms with Crippen LogP contribution in [0.1, 0.15) is 60.0 Å². The number of methoxy groups -OCH3 is 1. The molecular weight excluding hydrogens is 595 g/mol. The Morgan fingerprint density at radius 2 is 1.80 bits per heavy atom. The molecule has 1 aromatic heterocycles. The molecular formula is C34H35N3O5S2. The molecule has 0 saturated carbocycles. The Balaban J connectivity index is 1.57. The lowest BCUT2D eigenvalue weighted by Gasteiger charge is -2.23. The summed E-state index contributed by atoms with van der Waals surface area (Å²) in [4.78, 5) is 28.8. The van der Waals surface area contributed by atoms with E-state index in [0.29, 0.717) is 39.3 Å². The lowest BCUT2D eigenvalue weighted by Crippen LogP contribution is -2.29. The number of anilines is 1. The van der Waals surface area contributed by atoms with E-state index in [1.54, 1.807) is 25.3 Å². The summed E-state index contributed by atoms with van der Waals surface area (Å²) in [5.41, 5.74) is 3.87. The lowest BCUT2D eigenvalue weighted by molar-refractivity contribution is -0.132. The average molecular weight is 630 g/mol. The molecule has 1 saturated heterocycles. The molecule has 0 spiro atoms. The van der Waals surface area contributed by atoms with Gasteiger partial charge in [0, 0.05) is 11.3 Å². The van der Waals surface area contributed by atoms with Gasteiger partial charge in [0.2, 0.25) is 5.13 Å². The molecule has 1 unspecified atom stereocenters.